The van der Waals surface area contributed by atoms with Crippen molar-refractivity contribution in [2.45, 2.75) is 26.4 Å². The summed E-state index contributed by atoms with van der Waals surface area (Å²) >= 11 is 0. The highest BCUT2D eigenvalue weighted by Gasteiger charge is 2.30. The van der Waals surface area contributed by atoms with Gasteiger partial charge in [0.1, 0.15) is 5.82 Å². The summed E-state index contributed by atoms with van der Waals surface area (Å²) in [6, 6.07) is 16.4. The molecule has 1 aliphatic heterocycles. The van der Waals surface area contributed by atoms with Gasteiger partial charge < -0.3 is 9.88 Å². The number of hydrogen-bond donors (Lipinski definition) is 1. The smallest absolute Gasteiger partial charge is 0.241 e. The van der Waals surface area contributed by atoms with Crippen molar-refractivity contribution in [2.75, 3.05) is 18.0 Å². The molecule has 5 nitrogen and oxygen atoms in total. The molecule has 2 aromatic carbocycles. The largest absolute Gasteiger partial charge is 0.341 e. The third-order valence-corrected chi connectivity index (χ3v) is 4.81. The van der Waals surface area contributed by atoms with E-state index in [2.05, 4.69) is 40.8 Å². The van der Waals surface area contributed by atoms with Crippen LogP contribution in [0.25, 0.3) is 11.0 Å². The molecular weight excluding hydrogens is 312 g/mol. The SMILES string of the molecule is Cc1cccc(N2CC(C)N(Cc3nc4ccccc4[nH]3)CC2=O)c1. The maximum absolute atomic E-state index is 12.7. The summed E-state index contributed by atoms with van der Waals surface area (Å²) in [6.07, 6.45) is 0. The fraction of sp³-hybridized carbons (Fsp3) is 0.300. The summed E-state index contributed by atoms with van der Waals surface area (Å²) in [7, 11) is 0. The van der Waals surface area contributed by atoms with E-state index in [0.717, 1.165) is 22.5 Å². The Morgan fingerprint density at radius 3 is 2.84 bits per heavy atom. The minimum atomic E-state index is 0.139. The molecular formula is C20H22N4O. The zero-order valence-corrected chi connectivity index (χ0v) is 14.6. The van der Waals surface area contributed by atoms with Gasteiger partial charge in [-0.1, -0.05) is 24.3 Å². The van der Waals surface area contributed by atoms with Crippen molar-refractivity contribution in [1.82, 2.24) is 14.9 Å². The Balaban J connectivity index is 1.51. The molecule has 0 aliphatic carbocycles. The van der Waals surface area contributed by atoms with Gasteiger partial charge in [-0.15, -0.1) is 0 Å². The highest BCUT2D eigenvalue weighted by molar-refractivity contribution is 5.95. The van der Waals surface area contributed by atoms with Crippen LogP contribution < -0.4 is 4.90 Å². The van der Waals surface area contributed by atoms with Crippen molar-refractivity contribution >= 4 is 22.6 Å². The van der Waals surface area contributed by atoms with Crippen molar-refractivity contribution in [3.63, 3.8) is 0 Å². The summed E-state index contributed by atoms with van der Waals surface area (Å²) < 4.78 is 0. The van der Waals surface area contributed by atoms with E-state index in [4.69, 9.17) is 0 Å². The molecule has 4 rings (SSSR count). The van der Waals surface area contributed by atoms with Crippen LogP contribution in [0.15, 0.2) is 48.5 Å². The molecule has 0 spiro atoms. The molecule has 25 heavy (non-hydrogen) atoms. The van der Waals surface area contributed by atoms with Crippen molar-refractivity contribution < 1.29 is 4.79 Å². The van der Waals surface area contributed by atoms with E-state index in [1.807, 2.05) is 41.3 Å². The van der Waals surface area contributed by atoms with Gasteiger partial charge >= 0.3 is 0 Å². The topological polar surface area (TPSA) is 52.2 Å². The summed E-state index contributed by atoms with van der Waals surface area (Å²) in [6.45, 7) is 5.98. The zero-order valence-electron chi connectivity index (χ0n) is 14.6. The molecule has 1 N–H and O–H groups in total. The second-order valence-electron chi connectivity index (χ2n) is 6.80. The third kappa shape index (κ3) is 3.15. The van der Waals surface area contributed by atoms with Crippen LogP contribution in [0.2, 0.25) is 0 Å². The van der Waals surface area contributed by atoms with Gasteiger partial charge in [0.25, 0.3) is 0 Å². The lowest BCUT2D eigenvalue weighted by Crippen LogP contribution is -2.55. The first-order valence-corrected chi connectivity index (χ1v) is 8.65. The maximum atomic E-state index is 12.7. The number of amides is 1. The van der Waals surface area contributed by atoms with E-state index >= 15 is 0 Å². The normalized spacial score (nSPS) is 18.9. The second-order valence-corrected chi connectivity index (χ2v) is 6.80. The first-order chi connectivity index (χ1) is 12.1. The van der Waals surface area contributed by atoms with Crippen LogP contribution in [0, 0.1) is 6.92 Å². The molecule has 1 unspecified atom stereocenters. The second kappa shape index (κ2) is 6.33. The lowest BCUT2D eigenvalue weighted by atomic mass is 10.1. The Hall–Kier alpha value is -2.66. The van der Waals surface area contributed by atoms with Gasteiger partial charge in [0.2, 0.25) is 5.91 Å². The van der Waals surface area contributed by atoms with Crippen molar-refractivity contribution in [3.8, 4) is 0 Å². The predicted octanol–water partition coefficient (Wildman–Crippen LogP) is 3.11. The predicted molar refractivity (Wildman–Crippen MR) is 99.5 cm³/mol. The molecule has 5 heteroatoms. The van der Waals surface area contributed by atoms with E-state index in [-0.39, 0.29) is 11.9 Å². The number of aromatic amines is 1. The Morgan fingerprint density at radius 1 is 1.20 bits per heavy atom. The Bertz CT molecular complexity index is 884. The van der Waals surface area contributed by atoms with Gasteiger partial charge in [0, 0.05) is 18.3 Å². The molecule has 1 aliphatic rings. The number of anilines is 1. The number of hydrogen-bond acceptors (Lipinski definition) is 3. The number of rotatable bonds is 3. The quantitative estimate of drug-likeness (QED) is 0.801. The molecule has 1 atom stereocenters. The molecule has 1 saturated heterocycles. The van der Waals surface area contributed by atoms with E-state index < -0.39 is 0 Å². The molecule has 0 radical (unpaired) electrons. The number of para-hydroxylation sites is 2. The Morgan fingerprint density at radius 2 is 2.04 bits per heavy atom. The molecule has 0 saturated carbocycles. The van der Waals surface area contributed by atoms with Crippen LogP contribution in [-0.4, -0.2) is 39.9 Å². The number of imidazole rings is 1. The molecule has 2 heterocycles. The van der Waals surface area contributed by atoms with Gasteiger partial charge in [0.05, 0.1) is 24.1 Å². The Labute approximate surface area is 147 Å². The van der Waals surface area contributed by atoms with Crippen molar-refractivity contribution in [1.29, 1.82) is 0 Å². The molecule has 0 bridgehead atoms. The van der Waals surface area contributed by atoms with Gasteiger partial charge in [-0.2, -0.15) is 0 Å². The number of carbonyl (C=O) groups excluding carboxylic acids is 1. The van der Waals surface area contributed by atoms with E-state index in [1.54, 1.807) is 0 Å². The minimum Gasteiger partial charge on any atom is -0.341 e. The average Bonchev–Trinajstić information content (AvgIpc) is 3.00. The van der Waals surface area contributed by atoms with Gasteiger partial charge in [-0.3, -0.25) is 9.69 Å². The summed E-state index contributed by atoms with van der Waals surface area (Å²) in [5, 5.41) is 0. The van der Waals surface area contributed by atoms with Crippen LogP contribution in [-0.2, 0) is 11.3 Å². The molecule has 1 fully saturated rings. The first kappa shape index (κ1) is 15.8. The van der Waals surface area contributed by atoms with E-state index in [9.17, 15) is 4.79 Å². The number of aryl methyl sites for hydroxylation is 1. The van der Waals surface area contributed by atoms with E-state index in [1.165, 1.54) is 5.56 Å². The standard InChI is InChI=1S/C20H22N4O/c1-14-6-5-7-16(10-14)24-11-15(2)23(13-20(24)25)12-19-21-17-8-3-4-9-18(17)22-19/h3-10,15H,11-13H2,1-2H3,(H,21,22). The van der Waals surface area contributed by atoms with Gasteiger partial charge in [-0.05, 0) is 43.7 Å². The molecule has 128 valence electrons. The van der Waals surface area contributed by atoms with Crippen molar-refractivity contribution in [3.05, 3.63) is 59.9 Å². The number of fused-ring (bicyclic) bond motifs is 1. The Kier molecular flexibility index (Phi) is 4.01. The van der Waals surface area contributed by atoms with Gasteiger partial charge in [0.15, 0.2) is 0 Å². The monoisotopic (exact) mass is 334 g/mol. The highest BCUT2D eigenvalue weighted by Crippen LogP contribution is 2.22. The number of piperazine rings is 1. The summed E-state index contributed by atoms with van der Waals surface area (Å²) in [5.74, 6) is 1.05. The van der Waals surface area contributed by atoms with Gasteiger partial charge in [-0.25, -0.2) is 4.98 Å². The van der Waals surface area contributed by atoms with Crippen LogP contribution in [0.5, 0.6) is 0 Å². The van der Waals surface area contributed by atoms with Crippen LogP contribution in [0.1, 0.15) is 18.3 Å². The minimum absolute atomic E-state index is 0.139. The summed E-state index contributed by atoms with van der Waals surface area (Å²) in [4.78, 5) is 24.7. The number of carbonyl (C=O) groups is 1. The first-order valence-electron chi connectivity index (χ1n) is 8.65. The van der Waals surface area contributed by atoms with Crippen molar-refractivity contribution in [2.24, 2.45) is 0 Å². The van der Waals surface area contributed by atoms with Crippen LogP contribution in [0.4, 0.5) is 5.69 Å². The lowest BCUT2D eigenvalue weighted by Gasteiger charge is -2.39. The number of H-pyrrole nitrogens is 1. The average molecular weight is 334 g/mol. The maximum Gasteiger partial charge on any atom is 0.241 e. The lowest BCUT2D eigenvalue weighted by molar-refractivity contribution is -0.122. The van der Waals surface area contributed by atoms with E-state index in [0.29, 0.717) is 19.6 Å². The number of benzene rings is 2. The number of nitrogens with zero attached hydrogens (tertiary/aromatic N) is 3. The molecule has 1 amide bonds. The van der Waals surface area contributed by atoms with Crippen LogP contribution >= 0.6 is 0 Å². The zero-order chi connectivity index (χ0) is 17.4. The summed E-state index contributed by atoms with van der Waals surface area (Å²) in [5.41, 5.74) is 4.16. The molecule has 3 aromatic rings. The number of aromatic nitrogens is 2. The number of nitrogens with one attached hydrogen (secondary N) is 1. The fourth-order valence-electron chi connectivity index (χ4n) is 3.43. The van der Waals surface area contributed by atoms with Crippen LogP contribution in [0.3, 0.4) is 0 Å². The third-order valence-electron chi connectivity index (χ3n) is 4.81. The highest BCUT2D eigenvalue weighted by atomic mass is 16.2. The fourth-order valence-corrected chi connectivity index (χ4v) is 3.43. The molecule has 1 aromatic heterocycles.